The third kappa shape index (κ3) is 2.27. The molecule has 0 bridgehead atoms. The topological polar surface area (TPSA) is 65.5 Å². The molecule has 0 spiro atoms. The number of esters is 1. The maximum Gasteiger partial charge on any atom is 0.323 e. The highest BCUT2D eigenvalue weighted by Gasteiger charge is 2.36. The molecule has 2 rings (SSSR count). The van der Waals surface area contributed by atoms with Gasteiger partial charge in [0.05, 0.1) is 7.11 Å². The highest BCUT2D eigenvalue weighted by Crippen LogP contribution is 2.47. The van der Waals surface area contributed by atoms with Crippen molar-refractivity contribution in [1.29, 1.82) is 0 Å². The highest BCUT2D eigenvalue weighted by atomic mass is 16.5. The molecule has 1 heterocycles. The van der Waals surface area contributed by atoms with Gasteiger partial charge < -0.3 is 14.9 Å². The van der Waals surface area contributed by atoms with Crippen molar-refractivity contribution in [2.75, 3.05) is 7.11 Å². The van der Waals surface area contributed by atoms with E-state index in [1.54, 1.807) is 0 Å². The van der Waals surface area contributed by atoms with Crippen LogP contribution in [0.3, 0.4) is 0 Å². The largest absolute Gasteiger partial charge is 0.468 e. The lowest BCUT2D eigenvalue weighted by molar-refractivity contribution is -0.142. The van der Waals surface area contributed by atoms with Gasteiger partial charge in [-0.3, -0.25) is 4.79 Å². The monoisotopic (exact) mass is 223 g/mol. The van der Waals surface area contributed by atoms with Gasteiger partial charge in [0.1, 0.15) is 17.6 Å². The molecule has 1 aliphatic carbocycles. The lowest BCUT2D eigenvalue weighted by Gasteiger charge is -2.06. The Hall–Kier alpha value is -1.29. The third-order valence-corrected chi connectivity index (χ3v) is 3.08. The average molecular weight is 223 g/mol. The first-order valence-corrected chi connectivity index (χ1v) is 5.54. The van der Waals surface area contributed by atoms with Crippen LogP contribution in [0.25, 0.3) is 0 Å². The molecule has 4 nitrogen and oxygen atoms in total. The minimum Gasteiger partial charge on any atom is -0.468 e. The van der Waals surface area contributed by atoms with Crippen LogP contribution >= 0.6 is 0 Å². The molecule has 0 radical (unpaired) electrons. The number of nitrogens with two attached hydrogens (primary N) is 1. The van der Waals surface area contributed by atoms with E-state index in [-0.39, 0.29) is 0 Å². The molecule has 16 heavy (non-hydrogen) atoms. The van der Waals surface area contributed by atoms with Gasteiger partial charge in [0, 0.05) is 12.3 Å². The summed E-state index contributed by atoms with van der Waals surface area (Å²) in [7, 11) is 1.33. The van der Waals surface area contributed by atoms with Gasteiger partial charge in [0.2, 0.25) is 0 Å². The number of ether oxygens (including phenoxy) is 1. The van der Waals surface area contributed by atoms with Gasteiger partial charge in [-0.05, 0) is 24.5 Å². The zero-order valence-corrected chi connectivity index (χ0v) is 9.60. The summed E-state index contributed by atoms with van der Waals surface area (Å²) in [5, 5.41) is 0. The van der Waals surface area contributed by atoms with E-state index >= 15 is 0 Å². The summed E-state index contributed by atoms with van der Waals surface area (Å²) in [5.41, 5.74) is 5.65. The van der Waals surface area contributed by atoms with Crippen molar-refractivity contribution in [2.45, 2.75) is 31.7 Å². The van der Waals surface area contributed by atoms with E-state index in [9.17, 15) is 4.79 Å². The standard InChI is InChI=1S/C12H17NO3/c1-7-5-9(7)11-4-3-8(16-11)6-10(13)12(14)15-2/h3-4,7,9-10H,5-6,13H2,1-2H3. The number of hydrogen-bond acceptors (Lipinski definition) is 4. The van der Waals surface area contributed by atoms with Crippen LogP contribution in [0.5, 0.6) is 0 Å². The van der Waals surface area contributed by atoms with Crippen molar-refractivity contribution >= 4 is 5.97 Å². The minimum atomic E-state index is -0.638. The van der Waals surface area contributed by atoms with Gasteiger partial charge in [-0.15, -0.1) is 0 Å². The van der Waals surface area contributed by atoms with Crippen LogP contribution in [0, 0.1) is 5.92 Å². The van der Waals surface area contributed by atoms with Gasteiger partial charge >= 0.3 is 5.97 Å². The Balaban J connectivity index is 1.95. The van der Waals surface area contributed by atoms with E-state index in [0.717, 1.165) is 11.5 Å². The molecule has 3 unspecified atom stereocenters. The minimum absolute atomic E-state index is 0.397. The quantitative estimate of drug-likeness (QED) is 0.784. The summed E-state index contributed by atoms with van der Waals surface area (Å²) in [6.45, 7) is 2.20. The molecular weight excluding hydrogens is 206 g/mol. The van der Waals surface area contributed by atoms with E-state index in [2.05, 4.69) is 11.7 Å². The van der Waals surface area contributed by atoms with Crippen molar-refractivity contribution in [3.63, 3.8) is 0 Å². The highest BCUT2D eigenvalue weighted by molar-refractivity contribution is 5.75. The molecule has 0 aliphatic heterocycles. The Labute approximate surface area is 94.8 Å². The van der Waals surface area contributed by atoms with Crippen LogP contribution in [0.1, 0.15) is 30.8 Å². The Kier molecular flexibility index (Phi) is 3.01. The van der Waals surface area contributed by atoms with Crippen LogP contribution in [-0.2, 0) is 16.0 Å². The molecule has 1 aromatic rings. The van der Waals surface area contributed by atoms with Crippen LogP contribution in [0.4, 0.5) is 0 Å². The molecule has 0 saturated heterocycles. The normalized spacial score (nSPS) is 25.2. The fraction of sp³-hybridized carbons (Fsp3) is 0.583. The average Bonchev–Trinajstić information content (AvgIpc) is 2.82. The second-order valence-electron chi connectivity index (χ2n) is 4.46. The Morgan fingerprint density at radius 3 is 2.94 bits per heavy atom. The molecular formula is C12H17NO3. The molecule has 0 amide bonds. The molecule has 1 aliphatic rings. The third-order valence-electron chi connectivity index (χ3n) is 3.08. The van der Waals surface area contributed by atoms with Gasteiger partial charge in [0.15, 0.2) is 0 Å². The van der Waals surface area contributed by atoms with Crippen molar-refractivity contribution < 1.29 is 13.9 Å². The zero-order chi connectivity index (χ0) is 11.7. The van der Waals surface area contributed by atoms with Crippen LogP contribution in [0.2, 0.25) is 0 Å². The Bertz CT molecular complexity index is 385. The molecule has 1 aromatic heterocycles. The second kappa shape index (κ2) is 4.29. The van der Waals surface area contributed by atoms with Crippen molar-refractivity contribution in [1.82, 2.24) is 0 Å². The van der Waals surface area contributed by atoms with Gasteiger partial charge in [-0.2, -0.15) is 0 Å². The van der Waals surface area contributed by atoms with E-state index in [1.807, 2.05) is 12.1 Å². The summed E-state index contributed by atoms with van der Waals surface area (Å²) in [6, 6.07) is 3.23. The lowest BCUT2D eigenvalue weighted by atomic mass is 10.2. The first-order valence-electron chi connectivity index (χ1n) is 5.54. The van der Waals surface area contributed by atoms with Gasteiger partial charge in [0.25, 0.3) is 0 Å². The predicted octanol–water partition coefficient (Wildman–Crippen LogP) is 1.45. The van der Waals surface area contributed by atoms with Gasteiger partial charge in [-0.25, -0.2) is 0 Å². The fourth-order valence-corrected chi connectivity index (χ4v) is 1.87. The number of carbonyl (C=O) groups excluding carboxylic acids is 1. The van der Waals surface area contributed by atoms with E-state index in [1.165, 1.54) is 13.5 Å². The Morgan fingerprint density at radius 2 is 2.38 bits per heavy atom. The SMILES string of the molecule is COC(=O)C(N)Cc1ccc(C2CC2C)o1. The lowest BCUT2D eigenvalue weighted by Crippen LogP contribution is -2.33. The molecule has 1 saturated carbocycles. The van der Waals surface area contributed by atoms with E-state index < -0.39 is 12.0 Å². The van der Waals surface area contributed by atoms with Gasteiger partial charge in [-0.1, -0.05) is 6.92 Å². The van der Waals surface area contributed by atoms with Crippen LogP contribution in [-0.4, -0.2) is 19.1 Å². The van der Waals surface area contributed by atoms with Crippen molar-refractivity contribution in [3.05, 3.63) is 23.7 Å². The first kappa shape index (κ1) is 11.2. The van der Waals surface area contributed by atoms with Crippen molar-refractivity contribution in [3.8, 4) is 0 Å². The summed E-state index contributed by atoms with van der Waals surface area (Å²) in [4.78, 5) is 11.1. The molecule has 3 atom stereocenters. The summed E-state index contributed by atoms with van der Waals surface area (Å²) < 4.78 is 10.2. The predicted molar refractivity (Wildman–Crippen MR) is 58.9 cm³/mol. The number of hydrogen-bond donors (Lipinski definition) is 1. The first-order chi connectivity index (χ1) is 7.61. The summed E-state index contributed by atoms with van der Waals surface area (Å²) in [5.74, 6) is 2.64. The number of furan rings is 1. The van der Waals surface area contributed by atoms with Crippen LogP contribution in [0.15, 0.2) is 16.5 Å². The second-order valence-corrected chi connectivity index (χ2v) is 4.46. The van der Waals surface area contributed by atoms with Crippen molar-refractivity contribution in [2.24, 2.45) is 11.7 Å². The molecule has 0 aromatic carbocycles. The Morgan fingerprint density at radius 1 is 1.69 bits per heavy atom. The number of methoxy groups -OCH3 is 1. The summed E-state index contributed by atoms with van der Waals surface area (Å²) >= 11 is 0. The number of rotatable bonds is 4. The molecule has 1 fully saturated rings. The molecule has 88 valence electrons. The molecule has 4 heteroatoms. The maximum atomic E-state index is 11.1. The zero-order valence-electron chi connectivity index (χ0n) is 9.60. The molecule has 2 N–H and O–H groups in total. The van der Waals surface area contributed by atoms with E-state index in [4.69, 9.17) is 10.2 Å². The van der Waals surface area contributed by atoms with Crippen LogP contribution < -0.4 is 5.73 Å². The van der Waals surface area contributed by atoms with E-state index in [0.29, 0.717) is 18.3 Å². The smallest absolute Gasteiger partial charge is 0.323 e. The maximum absolute atomic E-state index is 11.1. The summed E-state index contributed by atoms with van der Waals surface area (Å²) in [6.07, 6.45) is 1.59. The fourth-order valence-electron chi connectivity index (χ4n) is 1.87. The number of carbonyl (C=O) groups is 1.